The Morgan fingerprint density at radius 3 is 2.47 bits per heavy atom. The van der Waals surface area contributed by atoms with Crippen LogP contribution in [0.3, 0.4) is 0 Å². The van der Waals surface area contributed by atoms with Gasteiger partial charge in [0.1, 0.15) is 5.75 Å². The third-order valence-corrected chi connectivity index (χ3v) is 6.59. The number of carbonyl (C=O) groups excluding carboxylic acids is 3. The first kappa shape index (κ1) is 24.0. The summed E-state index contributed by atoms with van der Waals surface area (Å²) in [6.07, 6.45) is 5.48. The summed E-state index contributed by atoms with van der Waals surface area (Å²) in [5.74, 6) is -0.386. The smallest absolute Gasteiger partial charge is 0.295 e. The maximum absolute atomic E-state index is 12.7. The zero-order valence-corrected chi connectivity index (χ0v) is 19.7. The van der Waals surface area contributed by atoms with Crippen molar-refractivity contribution >= 4 is 28.8 Å². The maximum Gasteiger partial charge on any atom is 0.295 e. The van der Waals surface area contributed by atoms with Gasteiger partial charge in [-0.3, -0.25) is 19.4 Å². The van der Waals surface area contributed by atoms with Crippen LogP contribution in [-0.2, 0) is 28.9 Å². The second-order valence-corrected chi connectivity index (χ2v) is 9.19. The second-order valence-electron chi connectivity index (χ2n) is 8.03. The summed E-state index contributed by atoms with van der Waals surface area (Å²) in [4.78, 5) is 42.7. The van der Waals surface area contributed by atoms with E-state index in [2.05, 4.69) is 18.0 Å². The van der Waals surface area contributed by atoms with Gasteiger partial charge in [-0.05, 0) is 48.6 Å². The number of amides is 3. The highest BCUT2D eigenvalue weighted by Crippen LogP contribution is 2.31. The standard InChI is InChI=1S/C25H30N2O4S/c1-4-6-17(3)23(28)27-24(29)22(32-25(27)30)15-19-8-11-21(12-9-19)31-14-13-20-10-7-18(5-2)16-26-20/h7-12,16-17,22H,4-6,13-15H2,1-3H3. The van der Waals surface area contributed by atoms with Gasteiger partial charge in [0, 0.05) is 24.2 Å². The summed E-state index contributed by atoms with van der Waals surface area (Å²) in [7, 11) is 0. The molecule has 0 N–H and O–H groups in total. The summed E-state index contributed by atoms with van der Waals surface area (Å²) in [5.41, 5.74) is 3.13. The lowest BCUT2D eigenvalue weighted by Gasteiger charge is -2.16. The predicted octanol–water partition coefficient (Wildman–Crippen LogP) is 4.83. The number of rotatable bonds is 10. The minimum Gasteiger partial charge on any atom is -0.493 e. The molecule has 0 spiro atoms. The lowest BCUT2D eigenvalue weighted by atomic mass is 10.0. The quantitative estimate of drug-likeness (QED) is 0.512. The van der Waals surface area contributed by atoms with E-state index >= 15 is 0 Å². The van der Waals surface area contributed by atoms with Gasteiger partial charge >= 0.3 is 0 Å². The molecular formula is C25H30N2O4S. The van der Waals surface area contributed by atoms with Gasteiger partial charge in [0.2, 0.25) is 5.91 Å². The number of nitrogens with zero attached hydrogens (tertiary/aromatic N) is 2. The van der Waals surface area contributed by atoms with E-state index in [9.17, 15) is 14.4 Å². The topological polar surface area (TPSA) is 76.6 Å². The molecule has 0 bridgehead atoms. The zero-order chi connectivity index (χ0) is 23.1. The number of hydrogen-bond donors (Lipinski definition) is 0. The molecule has 170 valence electrons. The Morgan fingerprint density at radius 2 is 1.84 bits per heavy atom. The van der Waals surface area contributed by atoms with Crippen molar-refractivity contribution in [2.45, 2.75) is 58.1 Å². The Balaban J connectivity index is 1.51. The van der Waals surface area contributed by atoms with Crippen LogP contribution in [0.2, 0.25) is 0 Å². The first-order chi connectivity index (χ1) is 15.4. The third kappa shape index (κ3) is 5.97. The first-order valence-corrected chi connectivity index (χ1v) is 12.0. The first-order valence-electron chi connectivity index (χ1n) is 11.2. The van der Waals surface area contributed by atoms with E-state index in [0.29, 0.717) is 19.4 Å². The molecule has 1 aromatic heterocycles. The van der Waals surface area contributed by atoms with Gasteiger partial charge in [-0.2, -0.15) is 0 Å². The van der Waals surface area contributed by atoms with Crippen LogP contribution in [0.25, 0.3) is 0 Å². The number of hydrogen-bond acceptors (Lipinski definition) is 6. The van der Waals surface area contributed by atoms with Gasteiger partial charge in [0.25, 0.3) is 11.1 Å². The van der Waals surface area contributed by atoms with Gasteiger partial charge in [-0.1, -0.05) is 57.2 Å². The predicted molar refractivity (Wildman–Crippen MR) is 126 cm³/mol. The number of aryl methyl sites for hydroxylation is 1. The molecule has 2 heterocycles. The number of ether oxygens (including phenoxy) is 1. The fraction of sp³-hybridized carbons (Fsp3) is 0.440. The third-order valence-electron chi connectivity index (χ3n) is 5.55. The summed E-state index contributed by atoms with van der Waals surface area (Å²) in [6.45, 7) is 6.37. The molecule has 1 fully saturated rings. The molecule has 0 aliphatic carbocycles. The minimum absolute atomic E-state index is 0.330. The van der Waals surface area contributed by atoms with Crippen LogP contribution >= 0.6 is 11.8 Å². The second kappa shape index (κ2) is 11.3. The van der Waals surface area contributed by atoms with Crippen molar-refractivity contribution in [3.8, 4) is 5.75 Å². The van der Waals surface area contributed by atoms with E-state index in [1.54, 1.807) is 6.92 Å². The van der Waals surface area contributed by atoms with E-state index in [0.717, 1.165) is 52.9 Å². The van der Waals surface area contributed by atoms with E-state index in [4.69, 9.17) is 4.74 Å². The molecule has 3 amide bonds. The van der Waals surface area contributed by atoms with Crippen molar-refractivity contribution in [2.24, 2.45) is 5.92 Å². The van der Waals surface area contributed by atoms with Crippen molar-refractivity contribution in [3.63, 3.8) is 0 Å². The number of thioether (sulfide) groups is 1. The number of imide groups is 3. The van der Waals surface area contributed by atoms with Crippen LogP contribution < -0.4 is 4.74 Å². The molecule has 1 aromatic carbocycles. The molecule has 7 heteroatoms. The van der Waals surface area contributed by atoms with E-state index in [1.165, 1.54) is 5.56 Å². The SMILES string of the molecule is CCCC(C)C(=O)N1C(=O)SC(Cc2ccc(OCCc3ccc(CC)cn3)cc2)C1=O. The van der Waals surface area contributed by atoms with Crippen molar-refractivity contribution < 1.29 is 19.1 Å². The summed E-state index contributed by atoms with van der Waals surface area (Å²) in [6, 6.07) is 11.6. The maximum atomic E-state index is 12.7. The van der Waals surface area contributed by atoms with E-state index in [1.807, 2.05) is 43.5 Å². The van der Waals surface area contributed by atoms with Crippen molar-refractivity contribution in [3.05, 3.63) is 59.4 Å². The molecule has 6 nitrogen and oxygen atoms in total. The van der Waals surface area contributed by atoms with Crippen LogP contribution in [0.4, 0.5) is 4.79 Å². The fourth-order valence-electron chi connectivity index (χ4n) is 3.58. The largest absolute Gasteiger partial charge is 0.493 e. The highest BCUT2D eigenvalue weighted by Gasteiger charge is 2.44. The monoisotopic (exact) mass is 454 g/mol. The van der Waals surface area contributed by atoms with Crippen molar-refractivity contribution in [1.29, 1.82) is 0 Å². The van der Waals surface area contributed by atoms with Gasteiger partial charge < -0.3 is 4.74 Å². The Kier molecular flexibility index (Phi) is 8.45. The highest BCUT2D eigenvalue weighted by atomic mass is 32.2. The summed E-state index contributed by atoms with van der Waals surface area (Å²) in [5, 5.41) is -1.03. The molecular weight excluding hydrogens is 424 g/mol. The lowest BCUT2D eigenvalue weighted by molar-refractivity contribution is -0.141. The number of pyridine rings is 1. The molecule has 3 rings (SSSR count). The Morgan fingerprint density at radius 1 is 1.12 bits per heavy atom. The summed E-state index contributed by atoms with van der Waals surface area (Å²) >= 11 is 0.937. The van der Waals surface area contributed by atoms with Gasteiger partial charge in [0.05, 0.1) is 11.9 Å². The molecule has 2 aromatic rings. The number of carbonyl (C=O) groups is 3. The van der Waals surface area contributed by atoms with Crippen LogP contribution in [0.5, 0.6) is 5.75 Å². The minimum atomic E-state index is -0.566. The van der Waals surface area contributed by atoms with Gasteiger partial charge in [-0.15, -0.1) is 0 Å². The molecule has 1 aliphatic heterocycles. The lowest BCUT2D eigenvalue weighted by Crippen LogP contribution is -2.40. The molecule has 32 heavy (non-hydrogen) atoms. The number of aromatic nitrogens is 1. The van der Waals surface area contributed by atoms with Crippen LogP contribution in [0.1, 0.15) is 50.4 Å². The summed E-state index contributed by atoms with van der Waals surface area (Å²) < 4.78 is 5.81. The molecule has 1 aliphatic rings. The van der Waals surface area contributed by atoms with Crippen molar-refractivity contribution in [1.82, 2.24) is 9.88 Å². The van der Waals surface area contributed by atoms with E-state index < -0.39 is 16.4 Å². The van der Waals surface area contributed by atoms with E-state index in [-0.39, 0.29) is 11.8 Å². The molecule has 2 unspecified atom stereocenters. The highest BCUT2D eigenvalue weighted by molar-refractivity contribution is 8.15. The number of benzene rings is 1. The Bertz CT molecular complexity index is 943. The van der Waals surface area contributed by atoms with Crippen LogP contribution in [0, 0.1) is 5.92 Å². The Hall–Kier alpha value is -2.67. The van der Waals surface area contributed by atoms with Crippen LogP contribution in [0.15, 0.2) is 42.6 Å². The van der Waals surface area contributed by atoms with Crippen LogP contribution in [-0.4, -0.2) is 38.8 Å². The molecule has 2 atom stereocenters. The molecule has 0 saturated carbocycles. The molecule has 0 radical (unpaired) electrons. The average molecular weight is 455 g/mol. The van der Waals surface area contributed by atoms with Gasteiger partial charge in [-0.25, -0.2) is 4.90 Å². The van der Waals surface area contributed by atoms with Crippen molar-refractivity contribution in [2.75, 3.05) is 6.61 Å². The fourth-order valence-corrected chi connectivity index (χ4v) is 4.60. The molecule has 1 saturated heterocycles. The zero-order valence-electron chi connectivity index (χ0n) is 18.9. The normalized spacial score (nSPS) is 17.0. The van der Waals surface area contributed by atoms with Gasteiger partial charge in [0.15, 0.2) is 0 Å². The Labute approximate surface area is 193 Å². The average Bonchev–Trinajstić information content (AvgIpc) is 3.07.